The highest BCUT2D eigenvalue weighted by molar-refractivity contribution is 5.80. The van der Waals surface area contributed by atoms with Crippen molar-refractivity contribution in [1.82, 2.24) is 5.06 Å². The van der Waals surface area contributed by atoms with E-state index in [9.17, 15) is 14.8 Å². The van der Waals surface area contributed by atoms with Gasteiger partial charge < -0.3 is 14.7 Å². The van der Waals surface area contributed by atoms with Gasteiger partial charge in [0.15, 0.2) is 0 Å². The topological polar surface area (TPSA) is 76.1 Å². The number of rotatable bonds is 7. The Labute approximate surface area is 214 Å². The van der Waals surface area contributed by atoms with Crippen LogP contribution in [0.5, 0.6) is 0 Å². The van der Waals surface area contributed by atoms with E-state index < -0.39 is 24.0 Å². The number of benzene rings is 2. The molecule has 0 amide bonds. The third-order valence-electron chi connectivity index (χ3n) is 8.23. The number of carbonyl (C=O) groups excluding carboxylic acids is 2. The number of hydroxylamine groups is 2. The summed E-state index contributed by atoms with van der Waals surface area (Å²) in [6, 6.07) is 18.2. The van der Waals surface area contributed by atoms with Gasteiger partial charge in [-0.25, -0.2) is 0 Å². The fraction of sp³-hybridized carbons (Fsp3) is 0.533. The molecule has 6 nitrogen and oxygen atoms in total. The second kappa shape index (κ2) is 11.1. The minimum Gasteiger partial charge on any atom is -0.465 e. The molecule has 0 bridgehead atoms. The Morgan fingerprint density at radius 2 is 1.61 bits per heavy atom. The van der Waals surface area contributed by atoms with Crippen molar-refractivity contribution in [3.05, 3.63) is 71.8 Å². The van der Waals surface area contributed by atoms with Crippen LogP contribution in [0.25, 0.3) is 0 Å². The van der Waals surface area contributed by atoms with Gasteiger partial charge in [-0.3, -0.25) is 9.59 Å². The molecule has 2 aromatic carbocycles. The van der Waals surface area contributed by atoms with E-state index in [1.807, 2.05) is 36.4 Å². The zero-order chi connectivity index (χ0) is 25.9. The molecule has 1 saturated heterocycles. The zero-order valence-corrected chi connectivity index (χ0v) is 21.8. The van der Waals surface area contributed by atoms with E-state index in [0.717, 1.165) is 29.9 Å². The first kappa shape index (κ1) is 26.4. The molecule has 36 heavy (non-hydrogen) atoms. The Bertz CT molecular complexity index is 1020. The predicted molar refractivity (Wildman–Crippen MR) is 137 cm³/mol. The number of nitrogens with zero attached hydrogens (tertiary/aromatic N) is 1. The summed E-state index contributed by atoms with van der Waals surface area (Å²) in [6.07, 6.45) is 2.80. The standard InChI is InChI=1S/C30H39NO5/c1-5-35-29(33)25-19-23(27(31(25)34)21-12-8-6-9-13-21)28(32)36-26-18-20(2)16-17-24(26)30(3,4)22-14-10-7-11-15-22/h6-15,20,23-27,34H,5,16-19H2,1-4H3/t20-,23+,24-,25+,26-,27+/m1/s1. The fourth-order valence-corrected chi connectivity index (χ4v) is 6.16. The molecule has 2 fully saturated rings. The predicted octanol–water partition coefficient (Wildman–Crippen LogP) is 5.70. The van der Waals surface area contributed by atoms with Crippen LogP contribution in [0.3, 0.4) is 0 Å². The van der Waals surface area contributed by atoms with Crippen LogP contribution < -0.4 is 0 Å². The Kier molecular flexibility index (Phi) is 8.16. The van der Waals surface area contributed by atoms with Gasteiger partial charge in [0.1, 0.15) is 12.1 Å². The second-order valence-corrected chi connectivity index (χ2v) is 10.9. The van der Waals surface area contributed by atoms with Gasteiger partial charge in [0.05, 0.1) is 18.6 Å². The van der Waals surface area contributed by atoms with Crippen molar-refractivity contribution >= 4 is 11.9 Å². The summed E-state index contributed by atoms with van der Waals surface area (Å²) in [5.41, 5.74) is 1.83. The van der Waals surface area contributed by atoms with E-state index in [1.165, 1.54) is 5.56 Å². The summed E-state index contributed by atoms with van der Waals surface area (Å²) in [5.74, 6) is -0.929. The molecule has 2 aromatic rings. The highest BCUT2D eigenvalue weighted by Crippen LogP contribution is 2.46. The molecule has 1 N–H and O–H groups in total. The molecule has 0 unspecified atom stereocenters. The van der Waals surface area contributed by atoms with E-state index in [2.05, 4.69) is 45.0 Å². The van der Waals surface area contributed by atoms with Crippen molar-refractivity contribution < 1.29 is 24.3 Å². The molecule has 1 aliphatic heterocycles. The SMILES string of the molecule is CCOC(=O)[C@@H]1C[C@H](C(=O)O[C@@H]2C[C@H](C)CC[C@H]2C(C)(C)c2ccccc2)[C@H](c2ccccc2)N1O. The van der Waals surface area contributed by atoms with E-state index >= 15 is 0 Å². The molecule has 4 rings (SSSR count). The average molecular weight is 494 g/mol. The van der Waals surface area contributed by atoms with Crippen LogP contribution in [0, 0.1) is 17.8 Å². The normalized spacial score (nSPS) is 29.0. The monoisotopic (exact) mass is 493 g/mol. The molecule has 6 atom stereocenters. The maximum Gasteiger partial charge on any atom is 0.325 e. The molecular formula is C30H39NO5. The number of hydrogen-bond donors (Lipinski definition) is 1. The Morgan fingerprint density at radius 3 is 2.25 bits per heavy atom. The molecule has 2 aliphatic rings. The van der Waals surface area contributed by atoms with Crippen LogP contribution in [0.2, 0.25) is 0 Å². The lowest BCUT2D eigenvalue weighted by Crippen LogP contribution is -2.44. The van der Waals surface area contributed by atoms with E-state index in [-0.39, 0.29) is 36.4 Å². The molecule has 0 radical (unpaired) electrons. The van der Waals surface area contributed by atoms with Gasteiger partial charge in [0, 0.05) is 5.92 Å². The summed E-state index contributed by atoms with van der Waals surface area (Å²) < 4.78 is 11.5. The van der Waals surface area contributed by atoms with Crippen LogP contribution >= 0.6 is 0 Å². The molecule has 6 heteroatoms. The number of ether oxygens (including phenoxy) is 2. The van der Waals surface area contributed by atoms with Gasteiger partial charge in [0.25, 0.3) is 0 Å². The van der Waals surface area contributed by atoms with Crippen molar-refractivity contribution in [3.8, 4) is 0 Å². The van der Waals surface area contributed by atoms with Crippen LogP contribution in [0.1, 0.15) is 70.5 Å². The molecule has 1 aliphatic carbocycles. The number of hydrogen-bond acceptors (Lipinski definition) is 6. The van der Waals surface area contributed by atoms with E-state index in [1.54, 1.807) is 6.92 Å². The van der Waals surface area contributed by atoms with Gasteiger partial charge in [-0.2, -0.15) is 5.06 Å². The van der Waals surface area contributed by atoms with Crippen LogP contribution in [-0.2, 0) is 24.5 Å². The Hall–Kier alpha value is -2.70. The molecule has 0 aromatic heterocycles. The van der Waals surface area contributed by atoms with Crippen molar-refractivity contribution in [2.45, 2.75) is 77.0 Å². The first-order chi connectivity index (χ1) is 17.2. The summed E-state index contributed by atoms with van der Waals surface area (Å²) in [6.45, 7) is 8.62. The average Bonchev–Trinajstić information content (AvgIpc) is 3.22. The van der Waals surface area contributed by atoms with E-state index in [4.69, 9.17) is 9.47 Å². The largest absolute Gasteiger partial charge is 0.465 e. The van der Waals surface area contributed by atoms with Gasteiger partial charge in [-0.05, 0) is 48.6 Å². The maximum absolute atomic E-state index is 13.8. The van der Waals surface area contributed by atoms with Gasteiger partial charge in [-0.1, -0.05) is 87.9 Å². The lowest BCUT2D eigenvalue weighted by atomic mass is 9.64. The first-order valence-corrected chi connectivity index (χ1v) is 13.2. The fourth-order valence-electron chi connectivity index (χ4n) is 6.16. The minimum atomic E-state index is -0.908. The number of carbonyl (C=O) groups is 2. The maximum atomic E-state index is 13.8. The quantitative estimate of drug-likeness (QED) is 0.499. The number of esters is 2. The van der Waals surface area contributed by atoms with E-state index in [0.29, 0.717) is 5.92 Å². The highest BCUT2D eigenvalue weighted by Gasteiger charge is 2.51. The van der Waals surface area contributed by atoms with Crippen LogP contribution in [0.15, 0.2) is 60.7 Å². The lowest BCUT2D eigenvalue weighted by Gasteiger charge is -2.44. The third-order valence-corrected chi connectivity index (χ3v) is 8.23. The minimum absolute atomic E-state index is 0.156. The van der Waals surface area contributed by atoms with Gasteiger partial charge >= 0.3 is 11.9 Å². The van der Waals surface area contributed by atoms with Crippen molar-refractivity contribution in [1.29, 1.82) is 0 Å². The van der Waals surface area contributed by atoms with Gasteiger partial charge in [-0.15, -0.1) is 0 Å². The molecule has 194 valence electrons. The Morgan fingerprint density at radius 1 is 0.972 bits per heavy atom. The first-order valence-electron chi connectivity index (χ1n) is 13.2. The molecule has 0 spiro atoms. The summed E-state index contributed by atoms with van der Waals surface area (Å²) in [7, 11) is 0. The third kappa shape index (κ3) is 5.35. The van der Waals surface area contributed by atoms with Crippen molar-refractivity contribution in [3.63, 3.8) is 0 Å². The van der Waals surface area contributed by atoms with Crippen molar-refractivity contribution in [2.24, 2.45) is 17.8 Å². The summed E-state index contributed by atoms with van der Waals surface area (Å²) >= 11 is 0. The van der Waals surface area contributed by atoms with Crippen LogP contribution in [0.4, 0.5) is 0 Å². The highest BCUT2D eigenvalue weighted by atomic mass is 16.6. The Balaban J connectivity index is 1.60. The second-order valence-electron chi connectivity index (χ2n) is 10.9. The molecule has 1 heterocycles. The van der Waals surface area contributed by atoms with Crippen LogP contribution in [-0.4, -0.2) is 41.0 Å². The lowest BCUT2D eigenvalue weighted by molar-refractivity contribution is -0.181. The summed E-state index contributed by atoms with van der Waals surface area (Å²) in [4.78, 5) is 26.4. The summed E-state index contributed by atoms with van der Waals surface area (Å²) in [5, 5.41) is 12.0. The zero-order valence-electron chi connectivity index (χ0n) is 21.8. The van der Waals surface area contributed by atoms with Crippen molar-refractivity contribution in [2.75, 3.05) is 6.61 Å². The van der Waals surface area contributed by atoms with Gasteiger partial charge in [0.2, 0.25) is 0 Å². The molecular weight excluding hydrogens is 454 g/mol. The smallest absolute Gasteiger partial charge is 0.325 e. The molecule has 1 saturated carbocycles.